The van der Waals surface area contributed by atoms with Crippen molar-refractivity contribution in [3.63, 3.8) is 0 Å². The van der Waals surface area contributed by atoms with Gasteiger partial charge in [0.25, 0.3) is 11.5 Å². The minimum absolute atomic E-state index is 0.0971. The van der Waals surface area contributed by atoms with Crippen LogP contribution in [0, 0.1) is 5.82 Å². The first-order valence-corrected chi connectivity index (χ1v) is 9.32. The fourth-order valence-electron chi connectivity index (χ4n) is 3.79. The zero-order chi connectivity index (χ0) is 20.0. The summed E-state index contributed by atoms with van der Waals surface area (Å²) in [6.45, 7) is 0.931. The van der Waals surface area contributed by atoms with Crippen molar-refractivity contribution >= 4 is 16.9 Å². The van der Waals surface area contributed by atoms with Gasteiger partial charge in [-0.05, 0) is 53.9 Å². The predicted octanol–water partition coefficient (Wildman–Crippen LogP) is 3.05. The molecule has 4 aromatic rings. The molecule has 0 fully saturated rings. The lowest BCUT2D eigenvalue weighted by Gasteiger charge is -2.29. The van der Waals surface area contributed by atoms with Gasteiger partial charge in [0.1, 0.15) is 11.3 Å². The number of halogens is 1. The maximum Gasteiger partial charge on any atom is 0.257 e. The second-order valence-electron chi connectivity index (χ2n) is 7.09. The van der Waals surface area contributed by atoms with Crippen molar-refractivity contribution in [1.29, 1.82) is 0 Å². The van der Waals surface area contributed by atoms with Crippen LogP contribution in [-0.4, -0.2) is 31.9 Å². The summed E-state index contributed by atoms with van der Waals surface area (Å²) in [4.78, 5) is 34.8. The third kappa shape index (κ3) is 3.00. The molecule has 29 heavy (non-hydrogen) atoms. The molecular formula is C22H17FN4O2. The smallest absolute Gasteiger partial charge is 0.257 e. The van der Waals surface area contributed by atoms with E-state index in [2.05, 4.69) is 9.97 Å². The quantitative estimate of drug-likeness (QED) is 0.574. The maximum atomic E-state index is 13.2. The standard InChI is InChI=1S/C22H17FN4O2/c23-16-3-5-17(6-4-16)27-13-15-12-26(9-7-14(15)10-20(27)28)22(29)18-11-25-19-2-1-8-24-21(18)19/h1-6,8,10-11,13,25H,7,9,12H2. The van der Waals surface area contributed by atoms with Crippen molar-refractivity contribution in [2.75, 3.05) is 6.54 Å². The van der Waals surface area contributed by atoms with Crippen molar-refractivity contribution < 1.29 is 9.18 Å². The molecular weight excluding hydrogens is 371 g/mol. The Balaban J connectivity index is 1.48. The van der Waals surface area contributed by atoms with Gasteiger partial charge >= 0.3 is 0 Å². The van der Waals surface area contributed by atoms with Crippen LogP contribution in [0.5, 0.6) is 0 Å². The summed E-state index contributed by atoms with van der Waals surface area (Å²) < 4.78 is 14.7. The van der Waals surface area contributed by atoms with Crippen molar-refractivity contribution in [1.82, 2.24) is 19.4 Å². The van der Waals surface area contributed by atoms with Crippen molar-refractivity contribution in [3.8, 4) is 5.69 Å². The zero-order valence-corrected chi connectivity index (χ0v) is 15.4. The number of fused-ring (bicyclic) bond motifs is 2. The Kier molecular flexibility index (Phi) is 4.01. The van der Waals surface area contributed by atoms with Gasteiger partial charge < -0.3 is 9.88 Å². The van der Waals surface area contributed by atoms with E-state index in [0.717, 1.165) is 16.6 Å². The number of amides is 1. The van der Waals surface area contributed by atoms with Gasteiger partial charge in [0.05, 0.1) is 11.1 Å². The molecule has 144 valence electrons. The molecule has 0 bridgehead atoms. The highest BCUT2D eigenvalue weighted by atomic mass is 19.1. The first-order valence-electron chi connectivity index (χ1n) is 9.32. The lowest BCUT2D eigenvalue weighted by atomic mass is 10.0. The average molecular weight is 388 g/mol. The highest BCUT2D eigenvalue weighted by Gasteiger charge is 2.25. The number of aromatic nitrogens is 3. The molecule has 0 unspecified atom stereocenters. The van der Waals surface area contributed by atoms with Crippen molar-refractivity contribution in [2.24, 2.45) is 0 Å². The van der Waals surface area contributed by atoms with Crippen LogP contribution in [0.4, 0.5) is 4.39 Å². The molecule has 7 heteroatoms. The van der Waals surface area contributed by atoms with Crippen molar-refractivity contribution in [3.05, 3.63) is 93.9 Å². The maximum absolute atomic E-state index is 13.2. The molecule has 1 aliphatic rings. The van der Waals surface area contributed by atoms with Gasteiger partial charge in [-0.1, -0.05) is 0 Å². The van der Waals surface area contributed by atoms with E-state index in [1.54, 1.807) is 41.7 Å². The number of H-pyrrole nitrogens is 1. The van der Waals surface area contributed by atoms with Crippen molar-refractivity contribution in [2.45, 2.75) is 13.0 Å². The molecule has 6 nitrogen and oxygen atoms in total. The summed E-state index contributed by atoms with van der Waals surface area (Å²) in [5.41, 5.74) is 4.27. The highest BCUT2D eigenvalue weighted by molar-refractivity contribution is 6.05. The Labute approximate surface area is 165 Å². The van der Waals surface area contributed by atoms with Crippen LogP contribution in [-0.2, 0) is 13.0 Å². The molecule has 0 saturated heterocycles. The van der Waals surface area contributed by atoms with Gasteiger partial charge in [0.15, 0.2) is 0 Å². The molecule has 1 N–H and O–H groups in total. The monoisotopic (exact) mass is 388 g/mol. The molecule has 1 aromatic carbocycles. The third-order valence-electron chi connectivity index (χ3n) is 5.30. The Morgan fingerprint density at radius 2 is 1.97 bits per heavy atom. The van der Waals surface area contributed by atoms with E-state index in [4.69, 9.17) is 0 Å². The summed E-state index contributed by atoms with van der Waals surface area (Å²) >= 11 is 0. The van der Waals surface area contributed by atoms with E-state index < -0.39 is 0 Å². The summed E-state index contributed by atoms with van der Waals surface area (Å²) in [7, 11) is 0. The summed E-state index contributed by atoms with van der Waals surface area (Å²) in [5, 5.41) is 0. The van der Waals surface area contributed by atoms with Gasteiger partial charge in [-0.15, -0.1) is 0 Å². The topological polar surface area (TPSA) is 71.0 Å². The summed E-state index contributed by atoms with van der Waals surface area (Å²) in [6.07, 6.45) is 5.71. The molecule has 0 radical (unpaired) electrons. The van der Waals surface area contributed by atoms with E-state index in [-0.39, 0.29) is 17.3 Å². The lowest BCUT2D eigenvalue weighted by Crippen LogP contribution is -2.37. The van der Waals surface area contributed by atoms with Crippen LogP contribution < -0.4 is 5.56 Å². The third-order valence-corrected chi connectivity index (χ3v) is 5.30. The van der Waals surface area contributed by atoms with E-state index >= 15 is 0 Å². The largest absolute Gasteiger partial charge is 0.359 e. The molecule has 3 aromatic heterocycles. The van der Waals surface area contributed by atoms with Crippen LogP contribution in [0.15, 0.2) is 65.8 Å². The van der Waals surface area contributed by atoms with Gasteiger partial charge in [0.2, 0.25) is 0 Å². The van der Waals surface area contributed by atoms with E-state index in [1.165, 1.54) is 16.7 Å². The van der Waals surface area contributed by atoms with Crippen LogP contribution in [0.3, 0.4) is 0 Å². The number of pyridine rings is 2. The lowest BCUT2D eigenvalue weighted by molar-refractivity contribution is 0.0736. The molecule has 4 heterocycles. The van der Waals surface area contributed by atoms with Crippen LogP contribution in [0.25, 0.3) is 16.7 Å². The van der Waals surface area contributed by atoms with E-state index in [0.29, 0.717) is 36.3 Å². The minimum atomic E-state index is -0.358. The molecule has 5 rings (SSSR count). The van der Waals surface area contributed by atoms with Gasteiger partial charge in [-0.3, -0.25) is 19.1 Å². The predicted molar refractivity (Wildman–Crippen MR) is 107 cm³/mol. The number of hydrogen-bond donors (Lipinski definition) is 1. The van der Waals surface area contributed by atoms with Gasteiger partial charge in [-0.2, -0.15) is 0 Å². The second kappa shape index (κ2) is 6.70. The molecule has 1 amide bonds. The summed E-state index contributed by atoms with van der Waals surface area (Å²) in [6, 6.07) is 11.1. The SMILES string of the molecule is O=C(c1c[nH]c2cccnc12)N1CCc2cc(=O)n(-c3ccc(F)cc3)cc2C1. The first-order chi connectivity index (χ1) is 14.1. The zero-order valence-electron chi connectivity index (χ0n) is 15.4. The number of nitrogens with zero attached hydrogens (tertiary/aromatic N) is 3. The second-order valence-corrected chi connectivity index (χ2v) is 7.09. The Bertz CT molecular complexity index is 1290. The number of carbonyl (C=O) groups is 1. The average Bonchev–Trinajstić information content (AvgIpc) is 3.17. The molecule has 1 aliphatic heterocycles. The fraction of sp³-hybridized carbons (Fsp3) is 0.136. The number of nitrogens with one attached hydrogen (secondary N) is 1. The molecule has 0 spiro atoms. The fourth-order valence-corrected chi connectivity index (χ4v) is 3.79. The molecule has 0 saturated carbocycles. The van der Waals surface area contributed by atoms with Crippen LogP contribution in [0.2, 0.25) is 0 Å². The molecule has 0 atom stereocenters. The summed E-state index contributed by atoms with van der Waals surface area (Å²) in [5.74, 6) is -0.455. The van der Waals surface area contributed by atoms with Crippen LogP contribution >= 0.6 is 0 Å². The van der Waals surface area contributed by atoms with E-state index in [1.807, 2.05) is 12.1 Å². The number of hydrogen-bond acceptors (Lipinski definition) is 3. The number of aromatic amines is 1. The number of carbonyl (C=O) groups excluding carboxylic acids is 1. The van der Waals surface area contributed by atoms with Crippen LogP contribution in [0.1, 0.15) is 21.5 Å². The van der Waals surface area contributed by atoms with Gasteiger partial charge in [0, 0.05) is 43.4 Å². The van der Waals surface area contributed by atoms with Gasteiger partial charge in [-0.25, -0.2) is 4.39 Å². The van der Waals surface area contributed by atoms with E-state index in [9.17, 15) is 14.0 Å². The Hall–Kier alpha value is -3.74. The minimum Gasteiger partial charge on any atom is -0.359 e. The molecule has 0 aliphatic carbocycles. The normalized spacial score (nSPS) is 13.5. The Morgan fingerprint density at radius 1 is 1.14 bits per heavy atom. The number of rotatable bonds is 2. The highest BCUT2D eigenvalue weighted by Crippen LogP contribution is 2.23. The Morgan fingerprint density at radius 3 is 2.79 bits per heavy atom. The number of benzene rings is 1. The first kappa shape index (κ1) is 17.4.